The highest BCUT2D eigenvalue weighted by molar-refractivity contribution is 5.73. The van der Waals surface area contributed by atoms with Gasteiger partial charge in [-0.1, -0.05) is 26.2 Å². The first kappa shape index (κ1) is 13.8. The van der Waals surface area contributed by atoms with E-state index in [-0.39, 0.29) is 6.04 Å². The van der Waals surface area contributed by atoms with Gasteiger partial charge in [0.05, 0.1) is 0 Å². The zero-order valence-electron chi connectivity index (χ0n) is 11.4. The zero-order chi connectivity index (χ0) is 13.0. The molecule has 2 saturated heterocycles. The Hall–Kier alpha value is -0.610. The molecule has 3 atom stereocenters. The molecular formula is C14H26N2O2. The average Bonchev–Trinajstić information content (AvgIpc) is 2.77. The lowest BCUT2D eigenvalue weighted by Crippen LogP contribution is -2.50. The van der Waals surface area contributed by atoms with Crippen LogP contribution in [-0.2, 0) is 4.79 Å². The Bertz CT molecular complexity index is 283. The Kier molecular flexibility index (Phi) is 5.01. The van der Waals surface area contributed by atoms with Gasteiger partial charge in [0.1, 0.15) is 6.04 Å². The van der Waals surface area contributed by atoms with E-state index in [2.05, 4.69) is 17.1 Å². The van der Waals surface area contributed by atoms with Gasteiger partial charge in [0.2, 0.25) is 0 Å². The molecule has 104 valence electrons. The number of nitrogens with one attached hydrogen (secondary N) is 1. The Morgan fingerprint density at radius 1 is 1.39 bits per heavy atom. The maximum atomic E-state index is 11.3. The van der Waals surface area contributed by atoms with Crippen LogP contribution in [0, 0.1) is 0 Å². The van der Waals surface area contributed by atoms with E-state index in [1.54, 1.807) is 0 Å². The highest BCUT2D eigenvalue weighted by Crippen LogP contribution is 2.27. The first-order valence-corrected chi connectivity index (χ1v) is 7.45. The molecule has 2 aliphatic heterocycles. The van der Waals surface area contributed by atoms with Crippen molar-refractivity contribution in [3.8, 4) is 0 Å². The molecule has 4 heteroatoms. The van der Waals surface area contributed by atoms with Crippen molar-refractivity contribution in [2.75, 3.05) is 13.1 Å². The molecule has 2 N–H and O–H groups in total. The third-order valence-electron chi connectivity index (χ3n) is 4.42. The largest absolute Gasteiger partial charge is 0.480 e. The number of unbranched alkanes of at least 4 members (excludes halogenated alkanes) is 1. The highest BCUT2D eigenvalue weighted by atomic mass is 16.4. The van der Waals surface area contributed by atoms with E-state index in [4.69, 9.17) is 0 Å². The van der Waals surface area contributed by atoms with Gasteiger partial charge in [-0.05, 0) is 32.2 Å². The first-order chi connectivity index (χ1) is 8.72. The maximum Gasteiger partial charge on any atom is 0.320 e. The van der Waals surface area contributed by atoms with Gasteiger partial charge < -0.3 is 5.11 Å². The fraction of sp³-hybridized carbons (Fsp3) is 0.929. The van der Waals surface area contributed by atoms with Crippen molar-refractivity contribution in [1.29, 1.82) is 0 Å². The highest BCUT2D eigenvalue weighted by Gasteiger charge is 2.37. The molecule has 18 heavy (non-hydrogen) atoms. The Morgan fingerprint density at radius 3 is 2.94 bits per heavy atom. The second kappa shape index (κ2) is 6.53. The lowest BCUT2D eigenvalue weighted by Gasteiger charge is -2.33. The Balaban J connectivity index is 1.88. The van der Waals surface area contributed by atoms with Crippen LogP contribution in [0.3, 0.4) is 0 Å². The molecule has 0 aromatic rings. The normalized spacial score (nSPS) is 30.1. The van der Waals surface area contributed by atoms with Crippen LogP contribution in [-0.4, -0.2) is 47.2 Å². The second-order valence-electron chi connectivity index (χ2n) is 5.69. The van der Waals surface area contributed by atoms with E-state index in [9.17, 15) is 9.90 Å². The SMILES string of the molecule is CCCCC(NC1CCN2CCCCC12)C(=O)O. The third-order valence-corrected chi connectivity index (χ3v) is 4.42. The second-order valence-corrected chi connectivity index (χ2v) is 5.69. The first-order valence-electron chi connectivity index (χ1n) is 7.45. The summed E-state index contributed by atoms with van der Waals surface area (Å²) >= 11 is 0. The van der Waals surface area contributed by atoms with Crippen LogP contribution in [0.15, 0.2) is 0 Å². The molecular weight excluding hydrogens is 228 g/mol. The number of fused-ring (bicyclic) bond motifs is 1. The molecule has 2 fully saturated rings. The minimum absolute atomic E-state index is 0.350. The maximum absolute atomic E-state index is 11.3. The molecule has 0 bridgehead atoms. The topological polar surface area (TPSA) is 52.6 Å². The van der Waals surface area contributed by atoms with Crippen molar-refractivity contribution in [3.05, 3.63) is 0 Å². The van der Waals surface area contributed by atoms with Crippen molar-refractivity contribution in [1.82, 2.24) is 10.2 Å². The van der Waals surface area contributed by atoms with Gasteiger partial charge in [0.15, 0.2) is 0 Å². The van der Waals surface area contributed by atoms with Gasteiger partial charge >= 0.3 is 5.97 Å². The van der Waals surface area contributed by atoms with Crippen LogP contribution >= 0.6 is 0 Å². The van der Waals surface area contributed by atoms with E-state index >= 15 is 0 Å². The number of piperidine rings is 1. The van der Waals surface area contributed by atoms with Crippen molar-refractivity contribution >= 4 is 5.97 Å². The summed E-state index contributed by atoms with van der Waals surface area (Å²) in [6.07, 6.45) is 7.76. The van der Waals surface area contributed by atoms with Crippen LogP contribution < -0.4 is 5.32 Å². The summed E-state index contributed by atoms with van der Waals surface area (Å²) in [5.74, 6) is -0.683. The average molecular weight is 254 g/mol. The van der Waals surface area contributed by atoms with Gasteiger partial charge in [-0.15, -0.1) is 0 Å². The van der Waals surface area contributed by atoms with Crippen LogP contribution in [0.5, 0.6) is 0 Å². The van der Waals surface area contributed by atoms with Crippen molar-refractivity contribution < 1.29 is 9.90 Å². The summed E-state index contributed by atoms with van der Waals surface area (Å²) in [6.45, 7) is 4.45. The summed E-state index contributed by atoms with van der Waals surface area (Å²) in [6, 6.07) is 0.627. The molecule has 3 unspecified atom stereocenters. The fourth-order valence-corrected chi connectivity index (χ4v) is 3.39. The Morgan fingerprint density at radius 2 is 2.22 bits per heavy atom. The quantitative estimate of drug-likeness (QED) is 0.759. The third kappa shape index (κ3) is 3.23. The molecule has 0 spiro atoms. The minimum Gasteiger partial charge on any atom is -0.480 e. The molecule has 0 radical (unpaired) electrons. The number of carboxylic acid groups (broad SMARTS) is 1. The molecule has 0 amide bonds. The Labute approximate surface area is 110 Å². The number of carbonyl (C=O) groups is 1. The number of hydrogen-bond acceptors (Lipinski definition) is 3. The lowest BCUT2D eigenvalue weighted by atomic mass is 9.97. The number of aliphatic carboxylic acids is 1. The molecule has 2 rings (SSSR count). The standard InChI is InChI=1S/C14H26N2O2/c1-2-3-6-12(14(17)18)15-11-8-10-16-9-5-4-7-13(11)16/h11-13,15H,2-10H2,1H3,(H,17,18). The minimum atomic E-state index is -0.683. The van der Waals surface area contributed by atoms with E-state index in [1.807, 2.05) is 0 Å². The smallest absolute Gasteiger partial charge is 0.320 e. The number of hydrogen-bond donors (Lipinski definition) is 2. The van der Waals surface area contributed by atoms with Gasteiger partial charge in [-0.3, -0.25) is 15.0 Å². The van der Waals surface area contributed by atoms with Crippen molar-refractivity contribution in [2.24, 2.45) is 0 Å². The van der Waals surface area contributed by atoms with Gasteiger partial charge in [-0.2, -0.15) is 0 Å². The molecule has 0 aromatic heterocycles. The van der Waals surface area contributed by atoms with Crippen LogP contribution in [0.2, 0.25) is 0 Å². The van der Waals surface area contributed by atoms with E-state index in [1.165, 1.54) is 25.8 Å². The van der Waals surface area contributed by atoms with E-state index in [0.29, 0.717) is 12.1 Å². The predicted octanol–water partition coefficient (Wildman–Crippen LogP) is 1.85. The van der Waals surface area contributed by atoms with E-state index in [0.717, 1.165) is 32.2 Å². The molecule has 0 aliphatic carbocycles. The molecule has 2 aliphatic rings. The summed E-state index contributed by atoms with van der Waals surface area (Å²) in [7, 11) is 0. The van der Waals surface area contributed by atoms with Crippen molar-refractivity contribution in [2.45, 2.75) is 70.0 Å². The molecule has 4 nitrogen and oxygen atoms in total. The summed E-state index contributed by atoms with van der Waals surface area (Å²) in [5, 5.41) is 12.7. The van der Waals surface area contributed by atoms with Gasteiger partial charge in [0, 0.05) is 18.6 Å². The fourth-order valence-electron chi connectivity index (χ4n) is 3.39. The number of nitrogens with zero attached hydrogens (tertiary/aromatic N) is 1. The number of rotatable bonds is 6. The molecule has 0 aromatic carbocycles. The summed E-state index contributed by atoms with van der Waals surface area (Å²) in [5.41, 5.74) is 0. The zero-order valence-corrected chi connectivity index (χ0v) is 11.4. The predicted molar refractivity (Wildman–Crippen MR) is 71.7 cm³/mol. The van der Waals surface area contributed by atoms with Crippen LogP contribution in [0.25, 0.3) is 0 Å². The van der Waals surface area contributed by atoms with Crippen molar-refractivity contribution in [3.63, 3.8) is 0 Å². The summed E-state index contributed by atoms with van der Waals surface area (Å²) < 4.78 is 0. The summed E-state index contributed by atoms with van der Waals surface area (Å²) in [4.78, 5) is 13.8. The van der Waals surface area contributed by atoms with Gasteiger partial charge in [0.25, 0.3) is 0 Å². The van der Waals surface area contributed by atoms with Gasteiger partial charge in [-0.25, -0.2) is 0 Å². The van der Waals surface area contributed by atoms with Crippen LogP contribution in [0.1, 0.15) is 51.9 Å². The lowest BCUT2D eigenvalue weighted by molar-refractivity contribution is -0.140. The monoisotopic (exact) mass is 254 g/mol. The number of carboxylic acids is 1. The van der Waals surface area contributed by atoms with Crippen LogP contribution in [0.4, 0.5) is 0 Å². The molecule has 0 saturated carbocycles. The molecule has 2 heterocycles. The van der Waals surface area contributed by atoms with E-state index < -0.39 is 5.97 Å².